The molecule has 0 radical (unpaired) electrons. The summed E-state index contributed by atoms with van der Waals surface area (Å²) in [6, 6.07) is 13.9. The van der Waals surface area contributed by atoms with Crippen LogP contribution in [-0.2, 0) is 14.8 Å². The van der Waals surface area contributed by atoms with Gasteiger partial charge in [0.15, 0.2) is 0 Å². The largest absolute Gasteiger partial charge is 0.465 e. The van der Waals surface area contributed by atoms with E-state index in [0.717, 1.165) is 5.56 Å². The molecule has 0 spiro atoms. The van der Waals surface area contributed by atoms with Crippen LogP contribution in [0.2, 0.25) is 0 Å². The lowest BCUT2D eigenvalue weighted by molar-refractivity contribution is 0.0600. The predicted molar refractivity (Wildman–Crippen MR) is 121 cm³/mol. The maximum atomic E-state index is 13.2. The normalized spacial score (nSPS) is 16.5. The van der Waals surface area contributed by atoms with Gasteiger partial charge < -0.3 is 9.26 Å². The molecule has 1 aliphatic rings. The van der Waals surface area contributed by atoms with Crippen LogP contribution in [0.15, 0.2) is 57.9 Å². The van der Waals surface area contributed by atoms with Gasteiger partial charge in [-0.1, -0.05) is 35.5 Å². The van der Waals surface area contributed by atoms with Gasteiger partial charge >= 0.3 is 5.97 Å². The number of rotatable bonds is 6. The third-order valence-corrected chi connectivity index (χ3v) is 7.92. The quantitative estimate of drug-likeness (QED) is 0.507. The number of ether oxygens (including phenoxy) is 1. The van der Waals surface area contributed by atoms with Crippen LogP contribution in [0.1, 0.15) is 34.8 Å². The second-order valence-corrected chi connectivity index (χ2v) is 9.82. The Morgan fingerprint density at radius 1 is 1.09 bits per heavy atom. The molecule has 2 aromatic carbocycles. The fraction of sp³-hybridized carbons (Fsp3) is 0.348. The summed E-state index contributed by atoms with van der Waals surface area (Å²) < 4.78 is 38.1. The Bertz CT molecular complexity index is 1230. The van der Waals surface area contributed by atoms with Gasteiger partial charge in [0.25, 0.3) is 0 Å². The lowest BCUT2D eigenvalue weighted by atomic mass is 10.1. The number of esters is 1. The molecule has 0 N–H and O–H groups in total. The summed E-state index contributed by atoms with van der Waals surface area (Å²) in [6.07, 6.45) is 0. The first-order chi connectivity index (χ1) is 15.8. The van der Waals surface area contributed by atoms with Crippen molar-refractivity contribution >= 4 is 16.0 Å². The van der Waals surface area contributed by atoms with Crippen LogP contribution >= 0.6 is 0 Å². The molecule has 1 saturated heterocycles. The van der Waals surface area contributed by atoms with Crippen molar-refractivity contribution in [3.63, 3.8) is 0 Å². The van der Waals surface area contributed by atoms with Gasteiger partial charge in [0.05, 0.1) is 23.6 Å². The molecule has 10 heteroatoms. The number of nitrogens with zero attached hydrogens (tertiary/aromatic N) is 4. The average Bonchev–Trinajstić information content (AvgIpc) is 3.34. The number of piperazine rings is 1. The zero-order valence-corrected chi connectivity index (χ0v) is 19.6. The molecule has 0 saturated carbocycles. The molecule has 0 bridgehead atoms. The third kappa shape index (κ3) is 4.68. The minimum Gasteiger partial charge on any atom is -0.465 e. The minimum absolute atomic E-state index is 0.138. The van der Waals surface area contributed by atoms with Crippen LogP contribution < -0.4 is 0 Å². The number of carbonyl (C=O) groups excluding carboxylic acids is 1. The van der Waals surface area contributed by atoms with E-state index in [1.807, 2.05) is 37.3 Å². The van der Waals surface area contributed by atoms with Crippen molar-refractivity contribution < 1.29 is 22.5 Å². The molecule has 3 aromatic rings. The zero-order valence-electron chi connectivity index (χ0n) is 18.8. The molecule has 2 heterocycles. The Morgan fingerprint density at radius 2 is 1.79 bits per heavy atom. The third-order valence-electron chi connectivity index (χ3n) is 5.87. The number of methoxy groups -OCH3 is 1. The monoisotopic (exact) mass is 470 g/mol. The van der Waals surface area contributed by atoms with Crippen LogP contribution in [0.3, 0.4) is 0 Å². The van der Waals surface area contributed by atoms with Crippen molar-refractivity contribution in [3.05, 3.63) is 65.5 Å². The second-order valence-electron chi connectivity index (χ2n) is 7.91. The standard InChI is InChI=1S/C23H26N4O5S/c1-16-15-19(23(28)31-3)9-10-20(16)33(29,30)27-13-11-26(12-14-27)17(2)22-24-21(25-32-22)18-7-5-4-6-8-18/h4-10,15,17H,11-14H2,1-3H3. The van der Waals surface area contributed by atoms with Crippen molar-refractivity contribution in [1.82, 2.24) is 19.3 Å². The summed E-state index contributed by atoms with van der Waals surface area (Å²) in [6.45, 7) is 5.39. The summed E-state index contributed by atoms with van der Waals surface area (Å²) >= 11 is 0. The van der Waals surface area contributed by atoms with E-state index in [2.05, 4.69) is 15.0 Å². The lowest BCUT2D eigenvalue weighted by Gasteiger charge is -2.36. The fourth-order valence-electron chi connectivity index (χ4n) is 3.92. The summed E-state index contributed by atoms with van der Waals surface area (Å²) in [4.78, 5) is 18.6. The number of aryl methyl sites for hydroxylation is 1. The zero-order chi connectivity index (χ0) is 23.6. The molecule has 0 aliphatic carbocycles. The predicted octanol–water partition coefficient (Wildman–Crippen LogP) is 2.90. The summed E-state index contributed by atoms with van der Waals surface area (Å²) in [5.74, 6) is 0.532. The van der Waals surface area contributed by atoms with Gasteiger partial charge in [-0.05, 0) is 37.6 Å². The molecular formula is C23H26N4O5S. The minimum atomic E-state index is -3.68. The lowest BCUT2D eigenvalue weighted by Crippen LogP contribution is -2.49. The highest BCUT2D eigenvalue weighted by Gasteiger charge is 2.32. The molecule has 1 unspecified atom stereocenters. The molecular weight excluding hydrogens is 444 g/mol. The molecule has 1 aromatic heterocycles. The van der Waals surface area contributed by atoms with E-state index in [1.54, 1.807) is 6.92 Å². The molecule has 1 fully saturated rings. The van der Waals surface area contributed by atoms with Crippen molar-refractivity contribution in [3.8, 4) is 11.4 Å². The van der Waals surface area contributed by atoms with Gasteiger partial charge in [0.2, 0.25) is 21.7 Å². The second kappa shape index (κ2) is 9.42. The van der Waals surface area contributed by atoms with Crippen LogP contribution in [-0.4, -0.2) is 67.0 Å². The molecule has 4 rings (SSSR count). The number of hydrogen-bond acceptors (Lipinski definition) is 8. The van der Waals surface area contributed by atoms with Crippen molar-refractivity contribution in [1.29, 1.82) is 0 Å². The SMILES string of the molecule is COC(=O)c1ccc(S(=O)(=O)N2CCN(C(C)c3nc(-c4ccccc4)no3)CC2)c(C)c1. The highest BCUT2D eigenvalue weighted by molar-refractivity contribution is 7.89. The van der Waals surface area contributed by atoms with Crippen LogP contribution in [0.5, 0.6) is 0 Å². The molecule has 9 nitrogen and oxygen atoms in total. The Labute approximate surface area is 193 Å². The van der Waals surface area contributed by atoms with E-state index in [-0.39, 0.29) is 10.9 Å². The highest BCUT2D eigenvalue weighted by Crippen LogP contribution is 2.26. The first kappa shape index (κ1) is 23.1. The van der Waals surface area contributed by atoms with E-state index >= 15 is 0 Å². The molecule has 1 atom stereocenters. The van der Waals surface area contributed by atoms with Gasteiger partial charge in [-0.2, -0.15) is 9.29 Å². The number of aromatic nitrogens is 2. The Kier molecular flexibility index (Phi) is 6.59. The highest BCUT2D eigenvalue weighted by atomic mass is 32.2. The van der Waals surface area contributed by atoms with Crippen LogP contribution in [0.4, 0.5) is 0 Å². The molecule has 33 heavy (non-hydrogen) atoms. The van der Waals surface area contributed by atoms with Crippen LogP contribution in [0.25, 0.3) is 11.4 Å². The van der Waals surface area contributed by atoms with E-state index in [4.69, 9.17) is 9.26 Å². The maximum Gasteiger partial charge on any atom is 0.337 e. The molecule has 1 aliphatic heterocycles. The molecule has 0 amide bonds. The van der Waals surface area contributed by atoms with Gasteiger partial charge in [-0.25, -0.2) is 13.2 Å². The molecule has 174 valence electrons. The number of benzene rings is 2. The Morgan fingerprint density at radius 3 is 2.42 bits per heavy atom. The first-order valence-electron chi connectivity index (χ1n) is 10.6. The van der Waals surface area contributed by atoms with E-state index in [9.17, 15) is 13.2 Å². The van der Waals surface area contributed by atoms with E-state index in [0.29, 0.717) is 49.0 Å². The summed E-state index contributed by atoms with van der Waals surface area (Å²) in [5, 5.41) is 4.08. The van der Waals surface area contributed by atoms with Crippen molar-refractivity contribution in [2.75, 3.05) is 33.3 Å². The summed E-state index contributed by atoms with van der Waals surface area (Å²) in [5.41, 5.74) is 1.71. The first-order valence-corrected chi connectivity index (χ1v) is 12.1. The smallest absolute Gasteiger partial charge is 0.337 e. The van der Waals surface area contributed by atoms with Crippen LogP contribution in [0, 0.1) is 6.92 Å². The van der Waals surface area contributed by atoms with Gasteiger partial charge in [-0.3, -0.25) is 4.90 Å². The van der Waals surface area contributed by atoms with Gasteiger partial charge in [-0.15, -0.1) is 0 Å². The summed E-state index contributed by atoms with van der Waals surface area (Å²) in [7, 11) is -2.39. The Balaban J connectivity index is 1.43. The van der Waals surface area contributed by atoms with E-state index < -0.39 is 16.0 Å². The number of hydrogen-bond donors (Lipinski definition) is 0. The maximum absolute atomic E-state index is 13.2. The van der Waals surface area contributed by atoms with Gasteiger partial charge in [0, 0.05) is 31.7 Å². The number of sulfonamides is 1. The van der Waals surface area contributed by atoms with Crippen molar-refractivity contribution in [2.24, 2.45) is 0 Å². The van der Waals surface area contributed by atoms with E-state index in [1.165, 1.54) is 29.6 Å². The Hall–Kier alpha value is -3.08. The fourth-order valence-corrected chi connectivity index (χ4v) is 5.55. The van der Waals surface area contributed by atoms with Crippen molar-refractivity contribution in [2.45, 2.75) is 24.8 Å². The topological polar surface area (TPSA) is 106 Å². The average molecular weight is 471 g/mol. The van der Waals surface area contributed by atoms with Gasteiger partial charge in [0.1, 0.15) is 0 Å². The number of carbonyl (C=O) groups is 1.